The number of aliphatic hydroxyl groups excluding tert-OH is 1. The fraction of sp³-hybridized carbons (Fsp3) is 0.154. The SMILES string of the molecule is OCc1cnc(SCc2ccc(F)c(F)c2)n1-n1cnnc1. The Morgan fingerprint density at radius 1 is 1.14 bits per heavy atom. The number of aliphatic hydroxyl groups is 1. The summed E-state index contributed by atoms with van der Waals surface area (Å²) < 4.78 is 29.3. The third kappa shape index (κ3) is 2.85. The topological polar surface area (TPSA) is 68.8 Å². The Balaban J connectivity index is 1.83. The average molecular weight is 323 g/mol. The molecule has 0 fully saturated rings. The van der Waals surface area contributed by atoms with Gasteiger partial charge in [-0.3, -0.25) is 0 Å². The Morgan fingerprint density at radius 3 is 2.59 bits per heavy atom. The fourth-order valence-corrected chi connectivity index (χ4v) is 2.83. The number of rotatable bonds is 5. The molecule has 0 aliphatic carbocycles. The first-order chi connectivity index (χ1) is 10.7. The Kier molecular flexibility index (Phi) is 4.16. The van der Waals surface area contributed by atoms with Gasteiger partial charge in [0.05, 0.1) is 18.5 Å². The molecule has 0 radical (unpaired) electrons. The second-order valence-electron chi connectivity index (χ2n) is 4.38. The molecule has 0 amide bonds. The molecular weight excluding hydrogens is 312 g/mol. The monoisotopic (exact) mass is 323 g/mol. The lowest BCUT2D eigenvalue weighted by Gasteiger charge is -2.10. The third-order valence-electron chi connectivity index (χ3n) is 2.93. The van der Waals surface area contributed by atoms with Gasteiger partial charge in [-0.05, 0) is 17.7 Å². The smallest absolute Gasteiger partial charge is 0.188 e. The van der Waals surface area contributed by atoms with Gasteiger partial charge in [0.2, 0.25) is 0 Å². The third-order valence-corrected chi connectivity index (χ3v) is 3.94. The molecule has 0 atom stereocenters. The maximum absolute atomic E-state index is 13.2. The van der Waals surface area contributed by atoms with Gasteiger partial charge in [0.15, 0.2) is 16.8 Å². The number of hydrogen-bond acceptors (Lipinski definition) is 5. The van der Waals surface area contributed by atoms with Crippen LogP contribution in [0.25, 0.3) is 0 Å². The summed E-state index contributed by atoms with van der Waals surface area (Å²) in [4.78, 5) is 4.22. The molecular formula is C13H11F2N5OS. The second kappa shape index (κ2) is 6.24. The molecule has 0 aliphatic heterocycles. The predicted molar refractivity (Wildman–Crippen MR) is 74.9 cm³/mol. The van der Waals surface area contributed by atoms with E-state index in [0.717, 1.165) is 12.1 Å². The molecule has 0 aliphatic rings. The molecule has 1 N–H and O–H groups in total. The number of aromatic nitrogens is 5. The first kappa shape index (κ1) is 14.7. The van der Waals surface area contributed by atoms with Crippen molar-refractivity contribution in [2.75, 3.05) is 0 Å². The lowest BCUT2D eigenvalue weighted by Crippen LogP contribution is -2.12. The van der Waals surface area contributed by atoms with E-state index in [1.807, 2.05) is 0 Å². The van der Waals surface area contributed by atoms with Crippen LogP contribution in [0.1, 0.15) is 11.3 Å². The van der Waals surface area contributed by atoms with Crippen molar-refractivity contribution in [2.45, 2.75) is 17.5 Å². The van der Waals surface area contributed by atoms with Crippen LogP contribution in [0.15, 0.2) is 42.2 Å². The highest BCUT2D eigenvalue weighted by atomic mass is 32.2. The molecule has 0 saturated carbocycles. The van der Waals surface area contributed by atoms with Crippen molar-refractivity contribution in [1.29, 1.82) is 0 Å². The van der Waals surface area contributed by atoms with Crippen LogP contribution in [0.5, 0.6) is 0 Å². The van der Waals surface area contributed by atoms with Crippen LogP contribution in [0.3, 0.4) is 0 Å². The van der Waals surface area contributed by atoms with Gasteiger partial charge in [0.25, 0.3) is 0 Å². The van der Waals surface area contributed by atoms with Gasteiger partial charge in [-0.2, -0.15) is 0 Å². The zero-order valence-electron chi connectivity index (χ0n) is 11.2. The van der Waals surface area contributed by atoms with E-state index in [-0.39, 0.29) is 6.61 Å². The van der Waals surface area contributed by atoms with Crippen LogP contribution in [-0.2, 0) is 12.4 Å². The van der Waals surface area contributed by atoms with E-state index in [0.29, 0.717) is 22.2 Å². The van der Waals surface area contributed by atoms with Gasteiger partial charge in [0.1, 0.15) is 12.7 Å². The minimum atomic E-state index is -0.878. The van der Waals surface area contributed by atoms with Crippen LogP contribution in [0.4, 0.5) is 8.78 Å². The van der Waals surface area contributed by atoms with E-state index >= 15 is 0 Å². The van der Waals surface area contributed by atoms with E-state index < -0.39 is 11.6 Å². The van der Waals surface area contributed by atoms with Crippen LogP contribution in [0, 0.1) is 11.6 Å². The average Bonchev–Trinajstić information content (AvgIpc) is 3.16. The summed E-state index contributed by atoms with van der Waals surface area (Å²) >= 11 is 1.32. The highest BCUT2D eigenvalue weighted by Crippen LogP contribution is 2.24. The summed E-state index contributed by atoms with van der Waals surface area (Å²) in [5.74, 6) is -1.35. The molecule has 114 valence electrons. The molecule has 3 rings (SSSR count). The molecule has 22 heavy (non-hydrogen) atoms. The van der Waals surface area contributed by atoms with Crippen LogP contribution in [0.2, 0.25) is 0 Å². The van der Waals surface area contributed by atoms with Gasteiger partial charge < -0.3 is 5.11 Å². The first-order valence-electron chi connectivity index (χ1n) is 6.28. The Bertz CT molecular complexity index is 775. The van der Waals surface area contributed by atoms with Crippen LogP contribution < -0.4 is 0 Å². The van der Waals surface area contributed by atoms with E-state index in [2.05, 4.69) is 15.2 Å². The number of imidazole rings is 1. The van der Waals surface area contributed by atoms with E-state index in [4.69, 9.17) is 0 Å². The summed E-state index contributed by atoms with van der Waals surface area (Å²) in [6, 6.07) is 3.77. The number of nitrogens with zero attached hydrogens (tertiary/aromatic N) is 5. The van der Waals surface area contributed by atoms with Gasteiger partial charge in [0, 0.05) is 5.75 Å². The summed E-state index contributed by atoms with van der Waals surface area (Å²) in [6.45, 7) is -0.198. The molecule has 2 heterocycles. The second-order valence-corrected chi connectivity index (χ2v) is 5.32. The van der Waals surface area contributed by atoms with Gasteiger partial charge in [-0.15, -0.1) is 10.2 Å². The predicted octanol–water partition coefficient (Wildman–Crippen LogP) is 1.85. The minimum absolute atomic E-state index is 0.198. The molecule has 3 aromatic rings. The fourth-order valence-electron chi connectivity index (χ4n) is 1.89. The van der Waals surface area contributed by atoms with Crippen molar-refractivity contribution in [3.8, 4) is 0 Å². The number of benzene rings is 1. The van der Waals surface area contributed by atoms with Gasteiger partial charge in [-0.1, -0.05) is 17.8 Å². The quantitative estimate of drug-likeness (QED) is 0.726. The number of hydrogen-bond donors (Lipinski definition) is 1. The Hall–Kier alpha value is -2.26. The molecule has 9 heteroatoms. The molecule has 0 saturated heterocycles. The Labute approximate surface area is 128 Å². The maximum atomic E-state index is 13.2. The minimum Gasteiger partial charge on any atom is -0.390 e. The van der Waals surface area contributed by atoms with E-state index in [9.17, 15) is 13.9 Å². The van der Waals surface area contributed by atoms with E-state index in [1.54, 1.807) is 9.35 Å². The molecule has 0 unspecified atom stereocenters. The van der Waals surface area contributed by atoms with Crippen molar-refractivity contribution in [1.82, 2.24) is 24.5 Å². The summed E-state index contributed by atoms with van der Waals surface area (Å²) in [5.41, 5.74) is 1.19. The maximum Gasteiger partial charge on any atom is 0.188 e. The summed E-state index contributed by atoms with van der Waals surface area (Å²) in [5, 5.41) is 17.4. The highest BCUT2D eigenvalue weighted by Gasteiger charge is 2.12. The number of halogens is 2. The Morgan fingerprint density at radius 2 is 1.91 bits per heavy atom. The van der Waals surface area contributed by atoms with Crippen LogP contribution in [-0.4, -0.2) is 29.6 Å². The molecule has 0 spiro atoms. The lowest BCUT2D eigenvalue weighted by molar-refractivity contribution is 0.266. The standard InChI is InChI=1S/C13H11F2N5OS/c14-11-2-1-9(3-12(11)15)6-22-13-16-4-10(5-21)20(13)19-7-17-18-8-19/h1-4,7-8,21H,5-6H2. The first-order valence-corrected chi connectivity index (χ1v) is 7.27. The van der Waals surface area contributed by atoms with Crippen molar-refractivity contribution in [3.63, 3.8) is 0 Å². The molecule has 6 nitrogen and oxygen atoms in total. The van der Waals surface area contributed by atoms with Crippen molar-refractivity contribution < 1.29 is 13.9 Å². The summed E-state index contributed by atoms with van der Waals surface area (Å²) in [7, 11) is 0. The highest BCUT2D eigenvalue weighted by molar-refractivity contribution is 7.98. The van der Waals surface area contributed by atoms with Crippen LogP contribution >= 0.6 is 11.8 Å². The van der Waals surface area contributed by atoms with Gasteiger partial charge >= 0.3 is 0 Å². The lowest BCUT2D eigenvalue weighted by atomic mass is 10.2. The van der Waals surface area contributed by atoms with Crippen molar-refractivity contribution >= 4 is 11.8 Å². The molecule has 1 aromatic carbocycles. The molecule has 2 aromatic heterocycles. The van der Waals surface area contributed by atoms with Crippen molar-refractivity contribution in [2.24, 2.45) is 0 Å². The molecule has 0 bridgehead atoms. The largest absolute Gasteiger partial charge is 0.390 e. The normalized spacial score (nSPS) is 11.0. The zero-order chi connectivity index (χ0) is 15.5. The number of thioether (sulfide) groups is 1. The summed E-state index contributed by atoms with van der Waals surface area (Å²) in [6.07, 6.45) is 4.48. The van der Waals surface area contributed by atoms with Gasteiger partial charge in [-0.25, -0.2) is 23.1 Å². The van der Waals surface area contributed by atoms with Crippen molar-refractivity contribution in [3.05, 3.63) is 59.9 Å². The zero-order valence-corrected chi connectivity index (χ0v) is 12.0. The van der Waals surface area contributed by atoms with E-state index in [1.165, 1.54) is 36.7 Å².